The van der Waals surface area contributed by atoms with Crippen LogP contribution in [0.15, 0.2) is 36.4 Å². The Morgan fingerprint density at radius 2 is 1.92 bits per heavy atom. The van der Waals surface area contributed by atoms with Gasteiger partial charge in [-0.3, -0.25) is 4.68 Å². The van der Waals surface area contributed by atoms with Crippen molar-refractivity contribution in [1.82, 2.24) is 15.1 Å². The highest BCUT2D eigenvalue weighted by Crippen LogP contribution is 2.33. The van der Waals surface area contributed by atoms with E-state index in [9.17, 15) is 5.11 Å². The van der Waals surface area contributed by atoms with Crippen LogP contribution in [0.1, 0.15) is 34.9 Å². The topological polar surface area (TPSA) is 53.3 Å². The molecule has 0 bridgehead atoms. The summed E-state index contributed by atoms with van der Waals surface area (Å²) in [5.41, 5.74) is 6.09. The van der Waals surface area contributed by atoms with Crippen molar-refractivity contribution >= 4 is 5.69 Å². The quantitative estimate of drug-likeness (QED) is 0.751. The van der Waals surface area contributed by atoms with Gasteiger partial charge >= 0.3 is 0 Å². The first-order chi connectivity index (χ1) is 12.5. The Kier molecular flexibility index (Phi) is 5.79. The Labute approximate surface area is 156 Å². The fourth-order valence-corrected chi connectivity index (χ4v) is 3.79. The fraction of sp³-hybridized carbons (Fsp3) is 0.476. The number of aliphatic hydroxyl groups is 1. The molecule has 0 fully saturated rings. The van der Waals surface area contributed by atoms with Crippen molar-refractivity contribution in [3.8, 4) is 0 Å². The average molecular weight is 354 g/mol. The second-order valence-corrected chi connectivity index (χ2v) is 7.31. The van der Waals surface area contributed by atoms with Crippen LogP contribution in [0.4, 0.5) is 5.69 Å². The van der Waals surface area contributed by atoms with E-state index in [4.69, 9.17) is 0 Å². The molecule has 5 nitrogen and oxygen atoms in total. The molecule has 0 saturated heterocycles. The number of hydrogen-bond acceptors (Lipinski definition) is 4. The van der Waals surface area contributed by atoms with Gasteiger partial charge in [0.2, 0.25) is 0 Å². The van der Waals surface area contributed by atoms with Gasteiger partial charge in [0, 0.05) is 49.5 Å². The Morgan fingerprint density at radius 3 is 2.58 bits per heavy atom. The standard InChI is InChI=1S/C21H30N4O/c1-15-21(16(2)25(23-15)11-12-26)18-7-8-19(13-18)22-14-17-5-9-20(10-6-17)24(3)4/h5-10,18-19,22,26H,11-14H2,1-4H3/t18-,19+/m0/s1. The minimum absolute atomic E-state index is 0.124. The Morgan fingerprint density at radius 1 is 1.19 bits per heavy atom. The maximum Gasteiger partial charge on any atom is 0.0644 e. The molecule has 1 aromatic carbocycles. The van der Waals surface area contributed by atoms with Crippen LogP contribution in [-0.2, 0) is 13.1 Å². The number of aliphatic hydroxyl groups excluding tert-OH is 1. The zero-order valence-electron chi connectivity index (χ0n) is 16.2. The van der Waals surface area contributed by atoms with Crippen LogP contribution >= 0.6 is 0 Å². The maximum absolute atomic E-state index is 9.19. The predicted octanol–water partition coefficient (Wildman–Crippen LogP) is 2.76. The summed E-state index contributed by atoms with van der Waals surface area (Å²) < 4.78 is 1.92. The summed E-state index contributed by atoms with van der Waals surface area (Å²) in [4.78, 5) is 2.11. The number of rotatable bonds is 7. The molecule has 1 aliphatic carbocycles. The summed E-state index contributed by atoms with van der Waals surface area (Å²) in [6.07, 6.45) is 5.64. The van der Waals surface area contributed by atoms with Crippen LogP contribution in [0.25, 0.3) is 0 Å². The monoisotopic (exact) mass is 354 g/mol. The Balaban J connectivity index is 1.59. The minimum atomic E-state index is 0.124. The zero-order chi connectivity index (χ0) is 18.7. The lowest BCUT2D eigenvalue weighted by Gasteiger charge is -2.16. The summed E-state index contributed by atoms with van der Waals surface area (Å²) in [7, 11) is 4.12. The zero-order valence-corrected chi connectivity index (χ0v) is 16.2. The van der Waals surface area contributed by atoms with Crippen molar-refractivity contribution in [3.63, 3.8) is 0 Å². The molecular weight excluding hydrogens is 324 g/mol. The molecule has 2 atom stereocenters. The van der Waals surface area contributed by atoms with Crippen LogP contribution < -0.4 is 10.2 Å². The Hall–Kier alpha value is -2.11. The van der Waals surface area contributed by atoms with Crippen LogP contribution in [0.2, 0.25) is 0 Å². The van der Waals surface area contributed by atoms with E-state index in [-0.39, 0.29) is 6.61 Å². The third kappa shape index (κ3) is 4.00. The van der Waals surface area contributed by atoms with Crippen molar-refractivity contribution < 1.29 is 5.11 Å². The molecule has 2 N–H and O–H groups in total. The first-order valence-corrected chi connectivity index (χ1v) is 9.32. The van der Waals surface area contributed by atoms with Crippen LogP contribution in [0.3, 0.4) is 0 Å². The molecular formula is C21H30N4O. The van der Waals surface area contributed by atoms with Crippen LogP contribution in [0.5, 0.6) is 0 Å². The molecule has 0 spiro atoms. The molecule has 0 aliphatic heterocycles. The summed E-state index contributed by atoms with van der Waals surface area (Å²) >= 11 is 0. The number of aromatic nitrogens is 2. The lowest BCUT2D eigenvalue weighted by Crippen LogP contribution is -2.25. The van der Waals surface area contributed by atoms with Gasteiger partial charge in [-0.05, 0) is 38.0 Å². The lowest BCUT2D eigenvalue weighted by atomic mass is 9.96. The van der Waals surface area contributed by atoms with Gasteiger partial charge in [-0.1, -0.05) is 24.3 Å². The van der Waals surface area contributed by atoms with E-state index in [1.165, 1.54) is 22.5 Å². The van der Waals surface area contributed by atoms with Gasteiger partial charge in [-0.2, -0.15) is 5.10 Å². The molecule has 2 aromatic rings. The fourth-order valence-electron chi connectivity index (χ4n) is 3.79. The van der Waals surface area contributed by atoms with E-state index in [0.29, 0.717) is 18.5 Å². The van der Waals surface area contributed by atoms with Crippen molar-refractivity contribution in [3.05, 3.63) is 58.9 Å². The second kappa shape index (κ2) is 8.06. The molecule has 1 aromatic heterocycles. The van der Waals surface area contributed by atoms with Gasteiger partial charge in [0.1, 0.15) is 0 Å². The normalized spacial score (nSPS) is 19.3. The number of nitrogens with one attached hydrogen (secondary N) is 1. The van der Waals surface area contributed by atoms with Crippen LogP contribution in [0, 0.1) is 13.8 Å². The number of hydrogen-bond donors (Lipinski definition) is 2. The third-order valence-electron chi connectivity index (χ3n) is 5.22. The summed E-state index contributed by atoms with van der Waals surface area (Å²) in [5.74, 6) is 0.399. The van der Waals surface area contributed by atoms with Crippen molar-refractivity contribution in [1.29, 1.82) is 0 Å². The van der Waals surface area contributed by atoms with E-state index in [2.05, 4.69) is 79.7 Å². The maximum atomic E-state index is 9.19. The van der Waals surface area contributed by atoms with E-state index in [1.807, 2.05) is 4.68 Å². The van der Waals surface area contributed by atoms with E-state index in [1.54, 1.807) is 0 Å². The molecule has 140 valence electrons. The largest absolute Gasteiger partial charge is 0.394 e. The smallest absolute Gasteiger partial charge is 0.0644 e. The third-order valence-corrected chi connectivity index (χ3v) is 5.22. The minimum Gasteiger partial charge on any atom is -0.394 e. The van der Waals surface area contributed by atoms with Crippen molar-refractivity contribution in [2.45, 2.75) is 45.3 Å². The van der Waals surface area contributed by atoms with Gasteiger partial charge in [0.05, 0.1) is 18.8 Å². The molecule has 5 heteroatoms. The number of nitrogens with zero attached hydrogens (tertiary/aromatic N) is 3. The van der Waals surface area contributed by atoms with Crippen molar-refractivity contribution in [2.75, 3.05) is 25.6 Å². The average Bonchev–Trinajstić information content (AvgIpc) is 3.18. The van der Waals surface area contributed by atoms with E-state index < -0.39 is 0 Å². The first kappa shape index (κ1) is 18.7. The van der Waals surface area contributed by atoms with Gasteiger partial charge < -0.3 is 15.3 Å². The highest BCUT2D eigenvalue weighted by atomic mass is 16.3. The highest BCUT2D eigenvalue weighted by Gasteiger charge is 2.25. The molecule has 0 amide bonds. The number of aryl methyl sites for hydroxylation is 1. The SMILES string of the molecule is Cc1nn(CCO)c(C)c1[C@H]1C=C[C@@H](NCc2ccc(N(C)C)cc2)C1. The van der Waals surface area contributed by atoms with Gasteiger partial charge in [-0.25, -0.2) is 0 Å². The molecule has 1 heterocycles. The molecule has 1 aliphatic rings. The summed E-state index contributed by atoms with van der Waals surface area (Å²) in [6, 6.07) is 9.07. The van der Waals surface area contributed by atoms with Crippen molar-refractivity contribution in [2.24, 2.45) is 0 Å². The molecule has 0 saturated carbocycles. The molecule has 0 radical (unpaired) electrons. The lowest BCUT2D eigenvalue weighted by molar-refractivity contribution is 0.267. The summed E-state index contributed by atoms with van der Waals surface area (Å²) in [5, 5.41) is 17.4. The first-order valence-electron chi connectivity index (χ1n) is 9.32. The highest BCUT2D eigenvalue weighted by molar-refractivity contribution is 5.46. The number of anilines is 1. The Bertz CT molecular complexity index is 761. The molecule has 0 unspecified atom stereocenters. The predicted molar refractivity (Wildman–Crippen MR) is 107 cm³/mol. The van der Waals surface area contributed by atoms with Gasteiger partial charge in [-0.15, -0.1) is 0 Å². The van der Waals surface area contributed by atoms with E-state index >= 15 is 0 Å². The molecule has 3 rings (SSSR count). The molecule has 26 heavy (non-hydrogen) atoms. The van der Waals surface area contributed by atoms with Gasteiger partial charge in [0.25, 0.3) is 0 Å². The number of allylic oxidation sites excluding steroid dienone is 1. The van der Waals surface area contributed by atoms with Crippen LogP contribution in [-0.4, -0.2) is 41.6 Å². The second-order valence-electron chi connectivity index (χ2n) is 7.31. The number of benzene rings is 1. The van der Waals surface area contributed by atoms with Gasteiger partial charge in [0.15, 0.2) is 0 Å². The summed E-state index contributed by atoms with van der Waals surface area (Å²) in [6.45, 7) is 5.73. The van der Waals surface area contributed by atoms with E-state index in [0.717, 1.165) is 18.7 Å².